The molecule has 0 saturated carbocycles. The summed E-state index contributed by atoms with van der Waals surface area (Å²) in [6.45, 7) is 0. The lowest BCUT2D eigenvalue weighted by atomic mass is 10.1. The predicted molar refractivity (Wildman–Crippen MR) is 81.7 cm³/mol. The summed E-state index contributed by atoms with van der Waals surface area (Å²) in [4.78, 5) is 11.7. The molecule has 0 heterocycles. The van der Waals surface area contributed by atoms with Crippen molar-refractivity contribution in [2.45, 2.75) is 0 Å². The number of anilines is 1. The van der Waals surface area contributed by atoms with Gasteiger partial charge in [-0.25, -0.2) is 0 Å². The quantitative estimate of drug-likeness (QED) is 0.456. The highest BCUT2D eigenvalue weighted by Crippen LogP contribution is 2.14. The molecule has 2 aromatic rings. The molecule has 21 heavy (non-hydrogen) atoms. The van der Waals surface area contributed by atoms with Gasteiger partial charge in [-0.2, -0.15) is 0 Å². The number of nitrogen functional groups attached to an aromatic ring is 1. The molecule has 5 nitrogen and oxygen atoms in total. The largest absolute Gasteiger partial charge is 0.384 e. The molecule has 1 amide bonds. The number of hydrogen-bond acceptors (Lipinski definition) is 2. The van der Waals surface area contributed by atoms with Crippen molar-refractivity contribution >= 4 is 23.5 Å². The second-order valence-corrected chi connectivity index (χ2v) is 4.38. The summed E-state index contributed by atoms with van der Waals surface area (Å²) in [6.07, 6.45) is 3.05. The number of nitrogens with one attached hydrogen (secondary N) is 2. The van der Waals surface area contributed by atoms with E-state index in [2.05, 4.69) is 5.32 Å². The molecule has 1 radical (unpaired) electrons. The first-order valence-electron chi connectivity index (χ1n) is 6.25. The Hall–Kier alpha value is -3.08. The Morgan fingerprint density at radius 1 is 1.05 bits per heavy atom. The molecule has 0 atom stereocenters. The number of nitrogens with two attached hydrogens (primary N) is 1. The second-order valence-electron chi connectivity index (χ2n) is 4.38. The van der Waals surface area contributed by atoms with Crippen molar-refractivity contribution in [3.63, 3.8) is 0 Å². The van der Waals surface area contributed by atoms with Crippen LogP contribution in [0.3, 0.4) is 0 Å². The first-order valence-corrected chi connectivity index (χ1v) is 6.25. The van der Waals surface area contributed by atoms with Crippen LogP contribution in [0.15, 0.2) is 54.6 Å². The molecule has 105 valence electrons. The standard InChI is InChI=1S/C16H14N3O2/c17-16(18)12-4-1-11(2-5-12)3-10-15(21)19-13-6-8-14(20)9-7-13/h1-10H,(H3,17,18)(H,19,21)/b10-3+. The molecule has 5 heteroatoms. The van der Waals surface area contributed by atoms with Crippen molar-refractivity contribution < 1.29 is 9.90 Å². The monoisotopic (exact) mass is 280 g/mol. The molecular formula is C16H14N3O2. The highest BCUT2D eigenvalue weighted by molar-refractivity contribution is 6.02. The summed E-state index contributed by atoms with van der Waals surface area (Å²) in [5.41, 5.74) is 7.39. The Balaban J connectivity index is 1.98. The number of carbonyl (C=O) groups is 1. The van der Waals surface area contributed by atoms with Crippen LogP contribution < -0.4 is 11.1 Å². The zero-order valence-electron chi connectivity index (χ0n) is 11.2. The minimum Gasteiger partial charge on any atom is -0.384 e. The summed E-state index contributed by atoms with van der Waals surface area (Å²) in [6, 6.07) is 12.9. The fourth-order valence-electron chi connectivity index (χ4n) is 1.67. The van der Waals surface area contributed by atoms with E-state index >= 15 is 0 Å². The number of rotatable bonds is 4. The van der Waals surface area contributed by atoms with Crippen molar-refractivity contribution in [2.24, 2.45) is 5.73 Å². The summed E-state index contributed by atoms with van der Waals surface area (Å²) >= 11 is 0. The Kier molecular flexibility index (Phi) is 4.36. The molecule has 0 unspecified atom stereocenters. The average molecular weight is 280 g/mol. The number of benzene rings is 2. The van der Waals surface area contributed by atoms with Crippen LogP contribution in [0.1, 0.15) is 11.1 Å². The third kappa shape index (κ3) is 4.21. The summed E-state index contributed by atoms with van der Waals surface area (Å²) in [7, 11) is 0. The molecule has 2 aromatic carbocycles. The minimum atomic E-state index is -0.288. The lowest BCUT2D eigenvalue weighted by Crippen LogP contribution is -2.10. The van der Waals surface area contributed by atoms with Gasteiger partial charge in [0.2, 0.25) is 5.91 Å². The van der Waals surface area contributed by atoms with Gasteiger partial charge in [0.15, 0.2) is 5.75 Å². The molecule has 2 rings (SSSR count). The van der Waals surface area contributed by atoms with Gasteiger partial charge >= 0.3 is 0 Å². The van der Waals surface area contributed by atoms with Crippen molar-refractivity contribution in [1.82, 2.24) is 0 Å². The predicted octanol–water partition coefficient (Wildman–Crippen LogP) is 2.77. The third-order valence-corrected chi connectivity index (χ3v) is 2.77. The van der Waals surface area contributed by atoms with E-state index in [1.807, 2.05) is 0 Å². The highest BCUT2D eigenvalue weighted by Gasteiger charge is 1.99. The SMILES string of the molecule is N=C(N)c1ccc(/C=C/C(=O)Nc2ccc([O])cc2)cc1. The van der Waals surface area contributed by atoms with Crippen LogP contribution in [-0.2, 0) is 9.90 Å². The normalized spacial score (nSPS) is 10.5. The van der Waals surface area contributed by atoms with Crippen LogP contribution in [-0.4, -0.2) is 11.7 Å². The first kappa shape index (κ1) is 14.3. The maximum atomic E-state index is 11.7. The minimum absolute atomic E-state index is 0.00472. The average Bonchev–Trinajstić information content (AvgIpc) is 2.48. The zero-order chi connectivity index (χ0) is 15.2. The third-order valence-electron chi connectivity index (χ3n) is 2.77. The van der Waals surface area contributed by atoms with Crippen molar-refractivity contribution in [1.29, 1.82) is 5.41 Å². The van der Waals surface area contributed by atoms with Crippen LogP contribution >= 0.6 is 0 Å². The van der Waals surface area contributed by atoms with E-state index in [1.165, 1.54) is 18.2 Å². The van der Waals surface area contributed by atoms with Gasteiger partial charge in [0.05, 0.1) is 0 Å². The molecule has 0 aliphatic rings. The van der Waals surface area contributed by atoms with Crippen LogP contribution in [0.5, 0.6) is 5.75 Å². The van der Waals surface area contributed by atoms with Gasteiger partial charge in [0, 0.05) is 17.3 Å². The first-order chi connectivity index (χ1) is 10.0. The molecule has 0 aromatic heterocycles. The smallest absolute Gasteiger partial charge is 0.248 e. The van der Waals surface area contributed by atoms with Crippen molar-refractivity contribution in [3.8, 4) is 5.75 Å². The number of amides is 1. The Labute approximate surface area is 122 Å². The Morgan fingerprint density at radius 3 is 2.24 bits per heavy atom. The van der Waals surface area contributed by atoms with Crippen LogP contribution in [0.4, 0.5) is 5.69 Å². The summed E-state index contributed by atoms with van der Waals surface area (Å²) in [5.74, 6) is -0.386. The number of hydrogen-bond donors (Lipinski definition) is 3. The maximum absolute atomic E-state index is 11.7. The highest BCUT2D eigenvalue weighted by atomic mass is 16.3. The lowest BCUT2D eigenvalue weighted by Gasteiger charge is -2.01. The summed E-state index contributed by atoms with van der Waals surface area (Å²) < 4.78 is 0. The van der Waals surface area contributed by atoms with Gasteiger partial charge in [-0.15, -0.1) is 0 Å². The Morgan fingerprint density at radius 2 is 1.67 bits per heavy atom. The van der Waals surface area contributed by atoms with E-state index in [0.717, 1.165) is 5.56 Å². The molecule has 0 fully saturated rings. The summed E-state index contributed by atoms with van der Waals surface area (Å²) in [5, 5.41) is 20.9. The van der Waals surface area contributed by atoms with Gasteiger partial charge < -0.3 is 11.1 Å². The van der Waals surface area contributed by atoms with Crippen LogP contribution in [0.2, 0.25) is 0 Å². The van der Waals surface area contributed by atoms with Gasteiger partial charge in [-0.05, 0) is 35.9 Å². The van der Waals surface area contributed by atoms with E-state index < -0.39 is 0 Å². The topological polar surface area (TPSA) is 98.9 Å². The fraction of sp³-hybridized carbons (Fsp3) is 0. The second kappa shape index (κ2) is 6.38. The van der Waals surface area contributed by atoms with Crippen LogP contribution in [0, 0.1) is 5.41 Å². The van der Waals surface area contributed by atoms with E-state index in [-0.39, 0.29) is 17.5 Å². The van der Waals surface area contributed by atoms with E-state index in [1.54, 1.807) is 42.5 Å². The lowest BCUT2D eigenvalue weighted by molar-refractivity contribution is -0.111. The van der Waals surface area contributed by atoms with E-state index in [0.29, 0.717) is 11.3 Å². The van der Waals surface area contributed by atoms with Gasteiger partial charge in [-0.3, -0.25) is 15.3 Å². The number of amidine groups is 1. The maximum Gasteiger partial charge on any atom is 0.248 e. The fourth-order valence-corrected chi connectivity index (χ4v) is 1.67. The van der Waals surface area contributed by atoms with Crippen molar-refractivity contribution in [3.05, 3.63) is 65.7 Å². The number of carbonyl (C=O) groups excluding carboxylic acids is 1. The van der Waals surface area contributed by atoms with Crippen LogP contribution in [0.25, 0.3) is 6.08 Å². The molecule has 0 spiro atoms. The molecule has 0 bridgehead atoms. The molecular weight excluding hydrogens is 266 g/mol. The van der Waals surface area contributed by atoms with E-state index in [4.69, 9.17) is 11.1 Å². The van der Waals surface area contributed by atoms with Crippen molar-refractivity contribution in [2.75, 3.05) is 5.32 Å². The van der Waals surface area contributed by atoms with Gasteiger partial charge in [0.1, 0.15) is 5.84 Å². The molecule has 0 aliphatic heterocycles. The zero-order valence-corrected chi connectivity index (χ0v) is 11.2. The van der Waals surface area contributed by atoms with E-state index in [9.17, 15) is 9.90 Å². The Bertz CT molecular complexity index is 674. The van der Waals surface area contributed by atoms with Gasteiger partial charge in [-0.1, -0.05) is 24.3 Å². The molecule has 4 N–H and O–H groups in total. The molecule has 0 saturated heterocycles. The molecule has 0 aliphatic carbocycles. The van der Waals surface area contributed by atoms with Gasteiger partial charge in [0.25, 0.3) is 0 Å².